The van der Waals surface area contributed by atoms with Gasteiger partial charge in [-0.15, -0.1) is 0 Å². The molecule has 1 amide bonds. The van der Waals surface area contributed by atoms with Crippen molar-refractivity contribution in [1.82, 2.24) is 14.7 Å². The molecular formula is C31H36F2N4OS. The number of aryl methyl sites for hydroxylation is 2. The molecule has 0 bridgehead atoms. The van der Waals surface area contributed by atoms with Gasteiger partial charge in [0, 0.05) is 73.1 Å². The van der Waals surface area contributed by atoms with Gasteiger partial charge in [-0.05, 0) is 91.2 Å². The Morgan fingerprint density at radius 3 is 2.51 bits per heavy atom. The number of fused-ring (bicyclic) bond motifs is 2. The van der Waals surface area contributed by atoms with Gasteiger partial charge in [-0.25, -0.2) is 8.78 Å². The van der Waals surface area contributed by atoms with Crippen molar-refractivity contribution in [2.45, 2.75) is 76.1 Å². The Labute approximate surface area is 233 Å². The molecule has 2 aliphatic heterocycles. The number of anilines is 2. The zero-order valence-corrected chi connectivity index (χ0v) is 23.7. The lowest BCUT2D eigenvalue weighted by Gasteiger charge is -2.35. The van der Waals surface area contributed by atoms with Crippen molar-refractivity contribution in [2.24, 2.45) is 7.05 Å². The van der Waals surface area contributed by atoms with Gasteiger partial charge in [0.15, 0.2) is 0 Å². The highest BCUT2D eigenvalue weighted by molar-refractivity contribution is 7.99. The first-order chi connectivity index (χ1) is 18.8. The number of benzene rings is 2. The molecule has 8 heteroatoms. The van der Waals surface area contributed by atoms with Crippen LogP contribution in [0.4, 0.5) is 20.2 Å². The summed E-state index contributed by atoms with van der Waals surface area (Å²) in [6.45, 7) is 3.59. The number of aromatic nitrogens is 2. The number of nitrogens with zero attached hydrogens (tertiary/aromatic N) is 4. The molecule has 2 aromatic carbocycles. The van der Waals surface area contributed by atoms with Crippen LogP contribution < -0.4 is 4.90 Å². The molecule has 0 saturated heterocycles. The average molecular weight is 551 g/mol. The Balaban J connectivity index is 1.45. The van der Waals surface area contributed by atoms with Crippen LogP contribution in [0.1, 0.15) is 79.2 Å². The number of halogens is 2. The first kappa shape index (κ1) is 26.4. The number of alkyl halides is 2. The molecule has 5 nitrogen and oxygen atoms in total. The topological polar surface area (TPSA) is 41.4 Å². The van der Waals surface area contributed by atoms with Crippen LogP contribution >= 0.6 is 11.8 Å². The SMILES string of the molecule is CSC1CCC(c2cc3c(c(N4CCCc5cc(-c6cnn(C)c6)c(C(F)F)cc54)c2)CN(C(C)=O)C3)CC1. The van der Waals surface area contributed by atoms with Gasteiger partial charge in [-0.1, -0.05) is 6.07 Å². The minimum atomic E-state index is -2.59. The van der Waals surface area contributed by atoms with E-state index in [1.807, 2.05) is 22.7 Å². The number of hydrogen-bond acceptors (Lipinski definition) is 4. The lowest BCUT2D eigenvalue weighted by Crippen LogP contribution is -2.27. The molecular weight excluding hydrogens is 514 g/mol. The molecule has 0 radical (unpaired) electrons. The maximum atomic E-state index is 14.5. The van der Waals surface area contributed by atoms with Crippen molar-refractivity contribution in [3.05, 3.63) is 64.5 Å². The Bertz CT molecular complexity index is 1400. The number of carbonyl (C=O) groups excluding carboxylic acids is 1. The highest BCUT2D eigenvalue weighted by Gasteiger charge is 2.32. The highest BCUT2D eigenvalue weighted by Crippen LogP contribution is 2.46. The number of rotatable bonds is 5. The summed E-state index contributed by atoms with van der Waals surface area (Å²) in [6, 6.07) is 8.31. The molecule has 206 valence electrons. The normalized spacial score (nSPS) is 20.9. The van der Waals surface area contributed by atoms with Crippen LogP contribution in [0.15, 0.2) is 36.7 Å². The fourth-order valence-electron chi connectivity index (χ4n) is 6.74. The largest absolute Gasteiger partial charge is 0.341 e. The molecule has 1 fully saturated rings. The van der Waals surface area contributed by atoms with Gasteiger partial charge in [0.2, 0.25) is 5.91 Å². The van der Waals surface area contributed by atoms with Crippen molar-refractivity contribution < 1.29 is 13.6 Å². The predicted octanol–water partition coefficient (Wildman–Crippen LogP) is 7.36. The van der Waals surface area contributed by atoms with E-state index in [1.165, 1.54) is 36.8 Å². The maximum Gasteiger partial charge on any atom is 0.264 e. The van der Waals surface area contributed by atoms with E-state index in [4.69, 9.17) is 0 Å². The standard InChI is InChI=1S/C31H36F2N4OS/c1-19(38)36-17-23-11-22(20-6-8-25(39-3)9-7-20)13-30(28(23)18-36)37-10-4-5-21-12-26(24-15-34-35(2)16-24)27(31(32)33)14-29(21)37/h11-16,20,25,31H,4-10,17-18H2,1-3H3. The van der Waals surface area contributed by atoms with Crippen molar-refractivity contribution >= 4 is 29.0 Å². The molecule has 3 aromatic rings. The van der Waals surface area contributed by atoms with Crippen LogP contribution in [0.5, 0.6) is 0 Å². The zero-order valence-electron chi connectivity index (χ0n) is 22.9. The quantitative estimate of drug-likeness (QED) is 0.333. The van der Waals surface area contributed by atoms with Gasteiger partial charge in [-0.2, -0.15) is 16.9 Å². The highest BCUT2D eigenvalue weighted by atomic mass is 32.2. The van der Waals surface area contributed by atoms with Crippen LogP contribution in [0.3, 0.4) is 0 Å². The van der Waals surface area contributed by atoms with Gasteiger partial charge in [-0.3, -0.25) is 9.48 Å². The van der Waals surface area contributed by atoms with Crippen LogP contribution in [-0.4, -0.2) is 38.6 Å². The number of amides is 1. The Hall–Kier alpha value is -2.87. The van der Waals surface area contributed by atoms with E-state index in [0.717, 1.165) is 47.1 Å². The molecule has 1 aromatic heterocycles. The van der Waals surface area contributed by atoms with E-state index in [9.17, 15) is 13.6 Å². The number of hydrogen-bond donors (Lipinski definition) is 0. The second kappa shape index (κ2) is 10.6. The Kier molecular flexibility index (Phi) is 7.16. The molecule has 0 spiro atoms. The van der Waals surface area contributed by atoms with Gasteiger partial charge in [0.1, 0.15) is 0 Å². The van der Waals surface area contributed by atoms with E-state index in [1.54, 1.807) is 37.1 Å². The summed E-state index contributed by atoms with van der Waals surface area (Å²) in [5, 5.41) is 4.96. The minimum Gasteiger partial charge on any atom is -0.341 e. The predicted molar refractivity (Wildman–Crippen MR) is 154 cm³/mol. The molecule has 1 saturated carbocycles. The summed E-state index contributed by atoms with van der Waals surface area (Å²) < 4.78 is 30.6. The number of thioether (sulfide) groups is 1. The molecule has 3 aliphatic rings. The summed E-state index contributed by atoms with van der Waals surface area (Å²) in [7, 11) is 1.80. The van der Waals surface area contributed by atoms with E-state index >= 15 is 0 Å². The first-order valence-corrected chi connectivity index (χ1v) is 15.3. The summed E-state index contributed by atoms with van der Waals surface area (Å²) in [6.07, 6.45) is 9.64. The second-order valence-electron chi connectivity index (χ2n) is 11.3. The van der Waals surface area contributed by atoms with Crippen LogP contribution in [0, 0.1) is 0 Å². The monoisotopic (exact) mass is 550 g/mol. The summed E-state index contributed by atoms with van der Waals surface area (Å²) in [5.74, 6) is 0.567. The van der Waals surface area contributed by atoms with Crippen LogP contribution in [0.2, 0.25) is 0 Å². The molecule has 0 atom stereocenters. The maximum absolute atomic E-state index is 14.5. The van der Waals surface area contributed by atoms with Crippen LogP contribution in [-0.2, 0) is 31.4 Å². The second-order valence-corrected chi connectivity index (χ2v) is 12.4. The average Bonchev–Trinajstić information content (AvgIpc) is 3.58. The smallest absolute Gasteiger partial charge is 0.264 e. The van der Waals surface area contributed by atoms with E-state index in [2.05, 4.69) is 28.4 Å². The lowest BCUT2D eigenvalue weighted by molar-refractivity contribution is -0.129. The summed E-state index contributed by atoms with van der Waals surface area (Å²) >= 11 is 1.97. The first-order valence-electron chi connectivity index (χ1n) is 14.0. The number of carbonyl (C=O) groups is 1. The van der Waals surface area contributed by atoms with Gasteiger partial charge >= 0.3 is 0 Å². The lowest BCUT2D eigenvalue weighted by atomic mass is 9.82. The van der Waals surface area contributed by atoms with Crippen molar-refractivity contribution in [1.29, 1.82) is 0 Å². The molecule has 39 heavy (non-hydrogen) atoms. The summed E-state index contributed by atoms with van der Waals surface area (Å²) in [5.41, 5.74) is 8.08. The van der Waals surface area contributed by atoms with Crippen molar-refractivity contribution in [2.75, 3.05) is 17.7 Å². The summed E-state index contributed by atoms with van der Waals surface area (Å²) in [4.78, 5) is 16.5. The molecule has 6 rings (SSSR count). The molecule has 0 unspecified atom stereocenters. The fourth-order valence-corrected chi connectivity index (χ4v) is 7.48. The third kappa shape index (κ3) is 4.96. The van der Waals surface area contributed by atoms with E-state index < -0.39 is 6.43 Å². The Morgan fingerprint density at radius 1 is 1.05 bits per heavy atom. The molecule has 3 heterocycles. The third-order valence-corrected chi connectivity index (χ3v) is 10.0. The van der Waals surface area contributed by atoms with Crippen molar-refractivity contribution in [3.63, 3.8) is 0 Å². The minimum absolute atomic E-state index is 0.0437. The molecule has 0 N–H and O–H groups in total. The molecule has 1 aliphatic carbocycles. The van der Waals surface area contributed by atoms with Gasteiger partial charge in [0.05, 0.1) is 6.20 Å². The third-order valence-electron chi connectivity index (χ3n) is 8.89. The Morgan fingerprint density at radius 2 is 1.85 bits per heavy atom. The van der Waals surface area contributed by atoms with Gasteiger partial charge < -0.3 is 9.80 Å². The van der Waals surface area contributed by atoms with E-state index in [0.29, 0.717) is 30.1 Å². The van der Waals surface area contributed by atoms with Gasteiger partial charge in [0.25, 0.3) is 6.43 Å². The van der Waals surface area contributed by atoms with E-state index in [-0.39, 0.29) is 11.5 Å². The zero-order chi connectivity index (χ0) is 27.3. The van der Waals surface area contributed by atoms with Crippen LogP contribution in [0.25, 0.3) is 11.1 Å². The van der Waals surface area contributed by atoms with Crippen molar-refractivity contribution in [3.8, 4) is 11.1 Å². The fraction of sp³-hybridized carbons (Fsp3) is 0.484.